The number of benzene rings is 1. The predicted octanol–water partition coefficient (Wildman–Crippen LogP) is 3.10. The third-order valence-electron chi connectivity index (χ3n) is 6.37. The van der Waals surface area contributed by atoms with Gasteiger partial charge in [-0.1, -0.05) is 15.9 Å². The van der Waals surface area contributed by atoms with Gasteiger partial charge in [0.15, 0.2) is 11.5 Å². The number of hydrogen-bond acceptors (Lipinski definition) is 5. The van der Waals surface area contributed by atoms with E-state index in [1.165, 1.54) is 11.1 Å². The van der Waals surface area contributed by atoms with Gasteiger partial charge in [-0.25, -0.2) is 4.79 Å². The van der Waals surface area contributed by atoms with Gasteiger partial charge in [0, 0.05) is 29.0 Å². The van der Waals surface area contributed by atoms with Crippen LogP contribution in [0.5, 0.6) is 11.5 Å². The number of carbonyl (C=O) groups excluding carboxylic acids is 1. The Bertz CT molecular complexity index is 784. The van der Waals surface area contributed by atoms with E-state index in [1.807, 2.05) is 20.0 Å². The second kappa shape index (κ2) is 5.76. The van der Waals surface area contributed by atoms with Crippen LogP contribution in [0.3, 0.4) is 0 Å². The van der Waals surface area contributed by atoms with Crippen molar-refractivity contribution in [3.8, 4) is 11.5 Å². The minimum atomic E-state index is -0.264. The number of fused-ring (bicyclic) bond motifs is 2. The number of hydrogen-bond donors (Lipinski definition) is 0. The van der Waals surface area contributed by atoms with E-state index in [-0.39, 0.29) is 36.4 Å². The lowest BCUT2D eigenvalue weighted by Gasteiger charge is -2.43. The van der Waals surface area contributed by atoms with Crippen molar-refractivity contribution >= 4 is 22.0 Å². The standard InChI is InChI=1S/C19H22BrNO5/c1-4-24-19(22)21(2)11-5-8-10(20)7-12(23-3)16-14(8)15-9(11)6-13-17(25-13)18(15)26-16/h7,9,11,13,15,17-18H,4-6H2,1-3H3/t9-,11+,13-,15?,17-,18+/m0/s1. The molecule has 4 aliphatic rings. The number of epoxide rings is 1. The van der Waals surface area contributed by atoms with Crippen LogP contribution < -0.4 is 9.47 Å². The first-order valence-electron chi connectivity index (χ1n) is 9.16. The Morgan fingerprint density at radius 3 is 2.96 bits per heavy atom. The van der Waals surface area contributed by atoms with Gasteiger partial charge >= 0.3 is 6.09 Å². The molecular weight excluding hydrogens is 402 g/mol. The van der Waals surface area contributed by atoms with Crippen molar-refractivity contribution < 1.29 is 23.7 Å². The molecule has 1 unspecified atom stereocenters. The lowest BCUT2D eigenvalue weighted by Crippen LogP contribution is -2.52. The van der Waals surface area contributed by atoms with Gasteiger partial charge in [0.05, 0.1) is 19.8 Å². The molecule has 2 heterocycles. The van der Waals surface area contributed by atoms with E-state index in [4.69, 9.17) is 18.9 Å². The van der Waals surface area contributed by atoms with E-state index < -0.39 is 0 Å². The molecule has 1 aromatic rings. The first kappa shape index (κ1) is 16.7. The van der Waals surface area contributed by atoms with Gasteiger partial charge in [-0.2, -0.15) is 0 Å². The Morgan fingerprint density at radius 2 is 2.23 bits per heavy atom. The monoisotopic (exact) mass is 423 g/mol. The molecule has 0 bridgehead atoms. The van der Waals surface area contributed by atoms with Crippen molar-refractivity contribution in [2.24, 2.45) is 5.92 Å². The maximum Gasteiger partial charge on any atom is 0.409 e. The summed E-state index contributed by atoms with van der Waals surface area (Å²) in [6.07, 6.45) is 1.87. The van der Waals surface area contributed by atoms with Gasteiger partial charge < -0.3 is 23.8 Å². The minimum absolute atomic E-state index is 0.00842. The second-order valence-corrected chi connectivity index (χ2v) is 8.36. The molecule has 7 heteroatoms. The number of carbonyl (C=O) groups is 1. The highest BCUT2D eigenvalue weighted by atomic mass is 79.9. The molecule has 6 nitrogen and oxygen atoms in total. The Kier molecular flexibility index (Phi) is 3.70. The smallest absolute Gasteiger partial charge is 0.409 e. The summed E-state index contributed by atoms with van der Waals surface area (Å²) in [4.78, 5) is 14.2. The molecule has 5 rings (SSSR count). The third kappa shape index (κ3) is 2.16. The topological polar surface area (TPSA) is 60.5 Å². The summed E-state index contributed by atoms with van der Waals surface area (Å²) in [5.74, 6) is 2.15. The van der Waals surface area contributed by atoms with Crippen molar-refractivity contribution in [1.29, 1.82) is 0 Å². The maximum absolute atomic E-state index is 12.4. The summed E-state index contributed by atoms with van der Waals surface area (Å²) in [5.41, 5.74) is 2.46. The Labute approximate surface area is 160 Å². The number of rotatable bonds is 3. The Balaban J connectivity index is 1.61. The van der Waals surface area contributed by atoms with Crippen LogP contribution in [0.2, 0.25) is 0 Å². The summed E-state index contributed by atoms with van der Waals surface area (Å²) in [6.45, 7) is 2.21. The van der Waals surface area contributed by atoms with Crippen LogP contribution in [0.1, 0.15) is 30.4 Å². The average Bonchev–Trinajstić information content (AvgIpc) is 3.31. The molecular formula is C19H22BrNO5. The largest absolute Gasteiger partial charge is 0.493 e. The first-order chi connectivity index (χ1) is 12.5. The number of likely N-dealkylation sites (N-methyl/N-ethyl adjacent to an activating group) is 1. The van der Waals surface area contributed by atoms with E-state index in [0.717, 1.165) is 28.8 Å². The molecule has 1 saturated heterocycles. The molecule has 1 aromatic carbocycles. The lowest BCUT2D eigenvalue weighted by atomic mass is 9.65. The summed E-state index contributed by atoms with van der Waals surface area (Å²) >= 11 is 3.71. The highest BCUT2D eigenvalue weighted by Gasteiger charge is 2.64. The SMILES string of the molecule is CCOC(=O)N(C)[C@@H]1Cc2c(Br)cc(OC)c3c2C2[C@H]1C[C@@H]1O[C@@H]1[C@@H]2O3. The van der Waals surface area contributed by atoms with E-state index >= 15 is 0 Å². The van der Waals surface area contributed by atoms with E-state index in [9.17, 15) is 4.79 Å². The molecule has 2 aliphatic carbocycles. The predicted molar refractivity (Wildman–Crippen MR) is 96.9 cm³/mol. The second-order valence-electron chi connectivity index (χ2n) is 7.51. The third-order valence-corrected chi connectivity index (χ3v) is 7.08. The molecule has 140 valence electrons. The average molecular weight is 424 g/mol. The summed E-state index contributed by atoms with van der Waals surface area (Å²) in [7, 11) is 3.51. The van der Waals surface area contributed by atoms with Gasteiger partial charge in [-0.15, -0.1) is 0 Å². The molecule has 2 aliphatic heterocycles. The fourth-order valence-electron chi connectivity index (χ4n) is 5.19. The van der Waals surface area contributed by atoms with E-state index in [2.05, 4.69) is 15.9 Å². The zero-order valence-electron chi connectivity index (χ0n) is 15.0. The Morgan fingerprint density at radius 1 is 1.42 bits per heavy atom. The van der Waals surface area contributed by atoms with Crippen LogP contribution in [0.25, 0.3) is 0 Å². The van der Waals surface area contributed by atoms with E-state index in [0.29, 0.717) is 12.5 Å². The zero-order chi connectivity index (χ0) is 18.2. The summed E-state index contributed by atoms with van der Waals surface area (Å²) in [6, 6.07) is 2.04. The molecule has 2 fully saturated rings. The minimum Gasteiger partial charge on any atom is -0.493 e. The van der Waals surface area contributed by atoms with Crippen molar-refractivity contribution in [2.45, 2.75) is 50.0 Å². The number of ether oxygens (including phenoxy) is 4. The highest BCUT2D eigenvalue weighted by molar-refractivity contribution is 9.10. The zero-order valence-corrected chi connectivity index (χ0v) is 16.6. The number of halogens is 1. The normalized spacial score (nSPS) is 35.1. The van der Waals surface area contributed by atoms with Crippen molar-refractivity contribution in [3.05, 3.63) is 21.7 Å². The molecule has 0 radical (unpaired) electrons. The molecule has 0 aromatic heterocycles. The molecule has 26 heavy (non-hydrogen) atoms. The van der Waals surface area contributed by atoms with Gasteiger partial charge in [0.2, 0.25) is 0 Å². The first-order valence-corrected chi connectivity index (χ1v) is 9.95. The maximum atomic E-state index is 12.4. The fourth-order valence-corrected chi connectivity index (χ4v) is 5.78. The van der Waals surface area contributed by atoms with Gasteiger partial charge in [0.1, 0.15) is 12.2 Å². The van der Waals surface area contributed by atoms with Crippen LogP contribution in [-0.2, 0) is 15.9 Å². The number of amides is 1. The highest BCUT2D eigenvalue weighted by Crippen LogP contribution is 2.62. The summed E-state index contributed by atoms with van der Waals surface area (Å²) < 4.78 is 24.1. The fraction of sp³-hybridized carbons (Fsp3) is 0.632. The molecule has 6 atom stereocenters. The van der Waals surface area contributed by atoms with E-state index in [1.54, 1.807) is 12.0 Å². The van der Waals surface area contributed by atoms with Gasteiger partial charge in [-0.05, 0) is 37.3 Å². The Hall–Kier alpha value is -1.47. The molecule has 1 saturated carbocycles. The van der Waals surface area contributed by atoms with Crippen LogP contribution in [0.15, 0.2) is 10.5 Å². The van der Waals surface area contributed by atoms with Crippen LogP contribution in [0.4, 0.5) is 4.79 Å². The molecule has 0 spiro atoms. The number of nitrogens with zero attached hydrogens (tertiary/aromatic N) is 1. The van der Waals surface area contributed by atoms with Gasteiger partial charge in [0.25, 0.3) is 0 Å². The lowest BCUT2D eigenvalue weighted by molar-refractivity contribution is 0.0569. The molecule has 0 N–H and O–H groups in total. The van der Waals surface area contributed by atoms with Crippen molar-refractivity contribution in [1.82, 2.24) is 4.90 Å². The van der Waals surface area contributed by atoms with Crippen molar-refractivity contribution in [3.63, 3.8) is 0 Å². The number of methoxy groups -OCH3 is 1. The van der Waals surface area contributed by atoms with Crippen LogP contribution >= 0.6 is 15.9 Å². The quantitative estimate of drug-likeness (QED) is 0.698. The van der Waals surface area contributed by atoms with Crippen LogP contribution in [-0.4, -0.2) is 56.1 Å². The summed E-state index contributed by atoms with van der Waals surface area (Å²) in [5, 5.41) is 0. The molecule has 1 amide bonds. The van der Waals surface area contributed by atoms with Crippen molar-refractivity contribution in [2.75, 3.05) is 20.8 Å². The van der Waals surface area contributed by atoms with Gasteiger partial charge in [-0.3, -0.25) is 0 Å². The van der Waals surface area contributed by atoms with Crippen LogP contribution in [0, 0.1) is 5.92 Å².